The van der Waals surface area contributed by atoms with Crippen molar-refractivity contribution >= 4 is 29.9 Å². The number of aliphatic imine (C=N–C) groups is 1. The summed E-state index contributed by atoms with van der Waals surface area (Å²) in [6, 6.07) is 0. The van der Waals surface area contributed by atoms with Crippen molar-refractivity contribution in [3.05, 3.63) is 0 Å². The Balaban J connectivity index is 0.00000220. The Kier molecular flexibility index (Phi) is 8.22. The van der Waals surface area contributed by atoms with Crippen LogP contribution in [0.1, 0.15) is 32.6 Å². The molecule has 2 aliphatic rings. The fourth-order valence-electron chi connectivity index (χ4n) is 2.71. The average Bonchev–Trinajstić information content (AvgIpc) is 2.84. The molecule has 2 fully saturated rings. The predicted molar refractivity (Wildman–Crippen MR) is 93.0 cm³/mol. The number of hydrogen-bond donors (Lipinski definition) is 2. The maximum Gasteiger partial charge on any atom is 0.188 e. The number of methoxy groups -OCH3 is 1. The molecule has 1 aliphatic carbocycles. The first-order valence-corrected chi connectivity index (χ1v) is 7.48. The third kappa shape index (κ3) is 5.88. The number of hydrogen-bond acceptors (Lipinski definition) is 4. The molecule has 0 aromatic carbocycles. The zero-order valence-corrected chi connectivity index (χ0v) is 15.3. The van der Waals surface area contributed by atoms with Gasteiger partial charge in [0, 0.05) is 26.5 Å². The molecule has 2 rings (SSSR count). The molecule has 1 saturated heterocycles. The van der Waals surface area contributed by atoms with Crippen molar-refractivity contribution in [2.24, 2.45) is 16.6 Å². The van der Waals surface area contributed by atoms with E-state index in [9.17, 15) is 0 Å². The van der Waals surface area contributed by atoms with E-state index in [1.165, 1.54) is 12.8 Å². The lowest BCUT2D eigenvalue weighted by Gasteiger charge is -2.34. The lowest BCUT2D eigenvalue weighted by molar-refractivity contribution is -0.190. The van der Waals surface area contributed by atoms with Gasteiger partial charge in [0.15, 0.2) is 11.7 Å². The van der Waals surface area contributed by atoms with Crippen LogP contribution in [-0.4, -0.2) is 51.3 Å². The van der Waals surface area contributed by atoms with Crippen LogP contribution in [0.5, 0.6) is 0 Å². The van der Waals surface area contributed by atoms with Gasteiger partial charge in [-0.25, -0.2) is 0 Å². The Hall–Kier alpha value is -0.120. The molecular weight excluding hydrogens is 385 g/mol. The van der Waals surface area contributed by atoms with E-state index in [2.05, 4.69) is 17.2 Å². The van der Waals surface area contributed by atoms with Gasteiger partial charge in [0.2, 0.25) is 0 Å². The zero-order chi connectivity index (χ0) is 14.4. The van der Waals surface area contributed by atoms with Crippen LogP contribution in [0.4, 0.5) is 0 Å². The first-order chi connectivity index (χ1) is 9.63. The van der Waals surface area contributed by atoms with E-state index in [1.54, 1.807) is 7.11 Å². The smallest absolute Gasteiger partial charge is 0.188 e. The van der Waals surface area contributed by atoms with E-state index in [4.69, 9.17) is 19.9 Å². The zero-order valence-electron chi connectivity index (χ0n) is 13.0. The Morgan fingerprint density at radius 1 is 1.43 bits per heavy atom. The number of rotatable bonds is 5. The number of ether oxygens (including phenoxy) is 3. The van der Waals surface area contributed by atoms with Gasteiger partial charge in [-0.3, -0.25) is 4.99 Å². The van der Waals surface area contributed by atoms with Crippen LogP contribution in [0, 0.1) is 5.92 Å². The molecular formula is C14H28IN3O3. The van der Waals surface area contributed by atoms with Crippen LogP contribution in [0.15, 0.2) is 4.99 Å². The average molecular weight is 413 g/mol. The van der Waals surface area contributed by atoms with Crippen LogP contribution in [0.3, 0.4) is 0 Å². The summed E-state index contributed by atoms with van der Waals surface area (Å²) in [7, 11) is 1.66. The molecule has 3 N–H and O–H groups in total. The van der Waals surface area contributed by atoms with Gasteiger partial charge in [-0.05, 0) is 18.8 Å². The second-order valence-electron chi connectivity index (χ2n) is 5.79. The summed E-state index contributed by atoms with van der Waals surface area (Å²) in [5, 5.41) is 2.99. The Bertz CT molecular complexity index is 333. The third-order valence-electron chi connectivity index (χ3n) is 4.03. The predicted octanol–water partition coefficient (Wildman–Crippen LogP) is 1.48. The van der Waals surface area contributed by atoms with Crippen molar-refractivity contribution in [2.45, 2.75) is 44.5 Å². The molecule has 124 valence electrons. The third-order valence-corrected chi connectivity index (χ3v) is 4.03. The fraction of sp³-hybridized carbons (Fsp3) is 0.929. The van der Waals surface area contributed by atoms with Crippen molar-refractivity contribution < 1.29 is 14.2 Å². The quantitative estimate of drug-likeness (QED) is 0.309. The monoisotopic (exact) mass is 413 g/mol. The van der Waals surface area contributed by atoms with Gasteiger partial charge in [0.05, 0.1) is 19.8 Å². The molecule has 21 heavy (non-hydrogen) atoms. The van der Waals surface area contributed by atoms with Crippen LogP contribution in [0.25, 0.3) is 0 Å². The fourth-order valence-corrected chi connectivity index (χ4v) is 2.71. The highest BCUT2D eigenvalue weighted by atomic mass is 127. The Morgan fingerprint density at radius 3 is 2.81 bits per heavy atom. The van der Waals surface area contributed by atoms with Crippen LogP contribution in [0.2, 0.25) is 0 Å². The van der Waals surface area contributed by atoms with E-state index in [0.29, 0.717) is 32.3 Å². The summed E-state index contributed by atoms with van der Waals surface area (Å²) in [5.41, 5.74) is 5.77. The normalized spacial score (nSPS) is 33.0. The minimum absolute atomic E-state index is 0. The van der Waals surface area contributed by atoms with E-state index < -0.39 is 0 Å². The van der Waals surface area contributed by atoms with Gasteiger partial charge in [-0.1, -0.05) is 6.92 Å². The van der Waals surface area contributed by atoms with Crippen LogP contribution in [-0.2, 0) is 14.2 Å². The molecule has 0 radical (unpaired) electrons. The Morgan fingerprint density at radius 2 is 2.14 bits per heavy atom. The summed E-state index contributed by atoms with van der Waals surface area (Å²) >= 11 is 0. The summed E-state index contributed by atoms with van der Waals surface area (Å²) in [5.74, 6) is 0.875. The summed E-state index contributed by atoms with van der Waals surface area (Å²) in [6.07, 6.45) is 4.37. The van der Waals surface area contributed by atoms with E-state index in [1.807, 2.05) is 0 Å². The number of nitrogens with two attached hydrogens (primary N) is 1. The second kappa shape index (κ2) is 9.12. The van der Waals surface area contributed by atoms with E-state index in [0.717, 1.165) is 18.8 Å². The SMILES string of the molecule is COCCNC(N)=NCC1COC2(CCC(C)CC2)O1.I. The van der Waals surface area contributed by atoms with Gasteiger partial charge < -0.3 is 25.3 Å². The highest BCUT2D eigenvalue weighted by Gasteiger charge is 2.43. The molecule has 6 nitrogen and oxygen atoms in total. The van der Waals surface area contributed by atoms with Gasteiger partial charge in [0.1, 0.15) is 6.10 Å². The number of nitrogens with zero attached hydrogens (tertiary/aromatic N) is 1. The van der Waals surface area contributed by atoms with E-state index in [-0.39, 0.29) is 35.9 Å². The maximum atomic E-state index is 6.08. The minimum atomic E-state index is -0.342. The number of nitrogens with one attached hydrogen (secondary N) is 1. The van der Waals surface area contributed by atoms with Gasteiger partial charge in [0.25, 0.3) is 0 Å². The van der Waals surface area contributed by atoms with Gasteiger partial charge >= 0.3 is 0 Å². The van der Waals surface area contributed by atoms with Gasteiger partial charge in [-0.15, -0.1) is 24.0 Å². The molecule has 0 aromatic heterocycles. The highest BCUT2D eigenvalue weighted by molar-refractivity contribution is 14.0. The maximum absolute atomic E-state index is 6.08. The van der Waals surface area contributed by atoms with Crippen molar-refractivity contribution in [1.29, 1.82) is 0 Å². The topological polar surface area (TPSA) is 78.1 Å². The molecule has 0 amide bonds. The second-order valence-corrected chi connectivity index (χ2v) is 5.79. The lowest BCUT2D eigenvalue weighted by Crippen LogP contribution is -2.36. The molecule has 1 saturated carbocycles. The molecule has 7 heteroatoms. The molecule has 1 unspecified atom stereocenters. The molecule has 1 aliphatic heterocycles. The molecule has 1 spiro atoms. The Labute approximate surface area is 144 Å². The highest BCUT2D eigenvalue weighted by Crippen LogP contribution is 2.39. The summed E-state index contributed by atoms with van der Waals surface area (Å²) < 4.78 is 16.9. The van der Waals surface area contributed by atoms with Crippen molar-refractivity contribution in [3.8, 4) is 0 Å². The van der Waals surface area contributed by atoms with Crippen molar-refractivity contribution in [3.63, 3.8) is 0 Å². The molecule has 0 aromatic rings. The van der Waals surface area contributed by atoms with E-state index >= 15 is 0 Å². The molecule has 0 bridgehead atoms. The lowest BCUT2D eigenvalue weighted by atomic mass is 9.86. The number of guanidine groups is 1. The minimum Gasteiger partial charge on any atom is -0.383 e. The van der Waals surface area contributed by atoms with Crippen LogP contribution >= 0.6 is 24.0 Å². The summed E-state index contributed by atoms with van der Waals surface area (Å²) in [4.78, 5) is 4.29. The standard InChI is InChI=1S/C14H27N3O3.HI/c1-11-3-5-14(6-4-11)19-10-12(20-14)9-17-13(15)16-7-8-18-2;/h11-12H,3-10H2,1-2H3,(H3,15,16,17);1H. The largest absolute Gasteiger partial charge is 0.383 e. The van der Waals surface area contributed by atoms with Crippen molar-refractivity contribution in [1.82, 2.24) is 5.32 Å². The molecule has 1 atom stereocenters. The van der Waals surface area contributed by atoms with Gasteiger partial charge in [-0.2, -0.15) is 0 Å². The number of halogens is 1. The molecule has 1 heterocycles. The first-order valence-electron chi connectivity index (χ1n) is 7.48. The van der Waals surface area contributed by atoms with Crippen molar-refractivity contribution in [2.75, 3.05) is 33.4 Å². The summed E-state index contributed by atoms with van der Waals surface area (Å²) in [6.45, 7) is 4.72. The van der Waals surface area contributed by atoms with Crippen LogP contribution < -0.4 is 11.1 Å². The first kappa shape index (κ1) is 18.9.